The van der Waals surface area contributed by atoms with E-state index in [0.29, 0.717) is 9.48 Å². The van der Waals surface area contributed by atoms with Gasteiger partial charge in [0.1, 0.15) is 10.8 Å². The van der Waals surface area contributed by atoms with Gasteiger partial charge in [0.2, 0.25) is 5.95 Å². The Kier molecular flexibility index (Phi) is 2.47. The number of rotatable bonds is 1. The fraction of sp³-hybridized carbons (Fsp3) is 0. The Hall–Kier alpha value is -1.01. The van der Waals surface area contributed by atoms with E-state index in [4.69, 9.17) is 5.73 Å². The first-order chi connectivity index (χ1) is 6.66. The first kappa shape index (κ1) is 9.54. The molecule has 2 aromatic rings. The summed E-state index contributed by atoms with van der Waals surface area (Å²) in [5.74, 6) is -0.0586. The van der Waals surface area contributed by atoms with Gasteiger partial charge in [-0.1, -0.05) is 0 Å². The summed E-state index contributed by atoms with van der Waals surface area (Å²) >= 11 is 4.29. The fourth-order valence-corrected chi connectivity index (χ4v) is 1.95. The van der Waals surface area contributed by atoms with Crippen LogP contribution in [0.2, 0.25) is 0 Å². The monoisotopic (exact) mass is 273 g/mol. The zero-order valence-electron chi connectivity index (χ0n) is 6.87. The van der Waals surface area contributed by atoms with Crippen molar-refractivity contribution in [3.8, 4) is 10.6 Å². The predicted octanol–water partition coefficient (Wildman–Crippen LogP) is 2.69. The number of nitrogens with zero attached hydrogens (tertiary/aromatic N) is 2. The molecular weight excluding hydrogens is 269 g/mol. The van der Waals surface area contributed by atoms with Crippen molar-refractivity contribution in [3.63, 3.8) is 0 Å². The molecule has 72 valence electrons. The standard InChI is InChI=1S/C8H5BrFN3S/c9-5-3-4(1-2-6(5)10)7-12-8(11)13-14-7/h1-3H,(H2,11,13). The van der Waals surface area contributed by atoms with Crippen LogP contribution >= 0.6 is 27.5 Å². The van der Waals surface area contributed by atoms with E-state index in [2.05, 4.69) is 25.3 Å². The lowest BCUT2D eigenvalue weighted by Crippen LogP contribution is -1.86. The van der Waals surface area contributed by atoms with Crippen LogP contribution in [0, 0.1) is 5.82 Å². The Morgan fingerprint density at radius 2 is 2.21 bits per heavy atom. The smallest absolute Gasteiger partial charge is 0.232 e. The van der Waals surface area contributed by atoms with E-state index >= 15 is 0 Å². The fourth-order valence-electron chi connectivity index (χ4n) is 0.981. The number of hydrogen-bond acceptors (Lipinski definition) is 4. The van der Waals surface area contributed by atoms with Crippen LogP contribution in [0.4, 0.5) is 10.3 Å². The highest BCUT2D eigenvalue weighted by Crippen LogP contribution is 2.26. The van der Waals surface area contributed by atoms with E-state index in [-0.39, 0.29) is 11.8 Å². The van der Waals surface area contributed by atoms with Crippen molar-refractivity contribution in [2.45, 2.75) is 0 Å². The largest absolute Gasteiger partial charge is 0.367 e. The lowest BCUT2D eigenvalue weighted by atomic mass is 10.2. The number of anilines is 1. The van der Waals surface area contributed by atoms with Gasteiger partial charge in [0.25, 0.3) is 0 Å². The summed E-state index contributed by atoms with van der Waals surface area (Å²) in [7, 11) is 0. The van der Waals surface area contributed by atoms with E-state index < -0.39 is 0 Å². The molecule has 0 spiro atoms. The van der Waals surface area contributed by atoms with Crippen LogP contribution in [0.25, 0.3) is 10.6 Å². The molecule has 2 rings (SSSR count). The van der Waals surface area contributed by atoms with Crippen LogP contribution in [-0.4, -0.2) is 9.36 Å². The molecule has 1 aromatic heterocycles. The van der Waals surface area contributed by atoms with Gasteiger partial charge in [-0.3, -0.25) is 0 Å². The van der Waals surface area contributed by atoms with Crippen LogP contribution in [0.3, 0.4) is 0 Å². The second kappa shape index (κ2) is 3.62. The molecule has 0 atom stereocenters. The number of aromatic nitrogens is 2. The molecule has 0 unspecified atom stereocenters. The minimum atomic E-state index is -0.300. The zero-order chi connectivity index (χ0) is 10.1. The van der Waals surface area contributed by atoms with Gasteiger partial charge >= 0.3 is 0 Å². The molecule has 0 amide bonds. The average Bonchev–Trinajstić information content (AvgIpc) is 2.57. The third-order valence-electron chi connectivity index (χ3n) is 1.61. The summed E-state index contributed by atoms with van der Waals surface area (Å²) in [6, 6.07) is 4.66. The maximum Gasteiger partial charge on any atom is 0.232 e. The second-order valence-corrected chi connectivity index (χ2v) is 4.19. The highest BCUT2D eigenvalue weighted by atomic mass is 79.9. The Labute approximate surface area is 92.1 Å². The molecule has 0 aliphatic heterocycles. The molecule has 0 saturated heterocycles. The molecule has 0 bridgehead atoms. The van der Waals surface area contributed by atoms with Crippen molar-refractivity contribution in [1.29, 1.82) is 0 Å². The third-order valence-corrected chi connectivity index (χ3v) is 2.99. The SMILES string of the molecule is Nc1nsc(-c2ccc(F)c(Br)c2)n1. The molecule has 3 nitrogen and oxygen atoms in total. The number of hydrogen-bond donors (Lipinski definition) is 1. The van der Waals surface area contributed by atoms with Gasteiger partial charge in [-0.2, -0.15) is 9.36 Å². The normalized spacial score (nSPS) is 10.4. The highest BCUT2D eigenvalue weighted by molar-refractivity contribution is 9.10. The van der Waals surface area contributed by atoms with E-state index in [9.17, 15) is 4.39 Å². The average molecular weight is 274 g/mol. The lowest BCUT2D eigenvalue weighted by Gasteiger charge is -1.97. The van der Waals surface area contributed by atoms with Crippen LogP contribution in [0.5, 0.6) is 0 Å². The van der Waals surface area contributed by atoms with Crippen molar-refractivity contribution in [2.24, 2.45) is 0 Å². The molecule has 6 heteroatoms. The topological polar surface area (TPSA) is 51.8 Å². The summed E-state index contributed by atoms with van der Waals surface area (Å²) in [6.45, 7) is 0. The summed E-state index contributed by atoms with van der Waals surface area (Å²) in [5.41, 5.74) is 6.18. The van der Waals surface area contributed by atoms with Gasteiger partial charge in [-0.25, -0.2) is 4.39 Å². The molecule has 1 heterocycles. The minimum Gasteiger partial charge on any atom is -0.367 e. The van der Waals surface area contributed by atoms with Crippen LogP contribution in [-0.2, 0) is 0 Å². The predicted molar refractivity (Wildman–Crippen MR) is 57.4 cm³/mol. The highest BCUT2D eigenvalue weighted by Gasteiger charge is 2.06. The van der Waals surface area contributed by atoms with E-state index in [1.165, 1.54) is 17.6 Å². The van der Waals surface area contributed by atoms with E-state index in [0.717, 1.165) is 5.56 Å². The molecule has 0 fully saturated rings. The van der Waals surface area contributed by atoms with Crippen LogP contribution in [0.15, 0.2) is 22.7 Å². The Balaban J connectivity index is 2.47. The van der Waals surface area contributed by atoms with Crippen molar-refractivity contribution >= 4 is 33.4 Å². The first-order valence-electron chi connectivity index (χ1n) is 3.71. The molecule has 1 aromatic carbocycles. The molecular formula is C8H5BrFN3S. The molecule has 0 radical (unpaired) electrons. The van der Waals surface area contributed by atoms with Gasteiger partial charge in [0.15, 0.2) is 0 Å². The number of benzene rings is 1. The van der Waals surface area contributed by atoms with Gasteiger partial charge in [-0.15, -0.1) is 0 Å². The summed E-state index contributed by atoms with van der Waals surface area (Å²) in [5, 5.41) is 0.684. The zero-order valence-corrected chi connectivity index (χ0v) is 9.27. The number of nitrogens with two attached hydrogens (primary N) is 1. The maximum atomic E-state index is 12.9. The van der Waals surface area contributed by atoms with Crippen molar-refractivity contribution in [1.82, 2.24) is 9.36 Å². The van der Waals surface area contributed by atoms with Crippen molar-refractivity contribution in [3.05, 3.63) is 28.5 Å². The Bertz CT molecular complexity index is 471. The van der Waals surface area contributed by atoms with Crippen molar-refractivity contribution in [2.75, 3.05) is 5.73 Å². The third kappa shape index (κ3) is 1.76. The molecule has 2 N–H and O–H groups in total. The first-order valence-corrected chi connectivity index (χ1v) is 5.28. The quantitative estimate of drug-likeness (QED) is 0.869. The molecule has 0 saturated carbocycles. The summed E-state index contributed by atoms with van der Waals surface area (Å²) in [6.07, 6.45) is 0. The van der Waals surface area contributed by atoms with E-state index in [1.54, 1.807) is 12.1 Å². The minimum absolute atomic E-state index is 0.241. The number of nitrogen functional groups attached to an aromatic ring is 1. The molecule has 0 aliphatic carbocycles. The van der Waals surface area contributed by atoms with Gasteiger partial charge in [-0.05, 0) is 45.7 Å². The maximum absolute atomic E-state index is 12.9. The lowest BCUT2D eigenvalue weighted by molar-refractivity contribution is 0.621. The second-order valence-electron chi connectivity index (χ2n) is 2.59. The van der Waals surface area contributed by atoms with Gasteiger partial charge in [0, 0.05) is 5.56 Å². The van der Waals surface area contributed by atoms with Crippen LogP contribution < -0.4 is 5.73 Å². The molecule has 14 heavy (non-hydrogen) atoms. The van der Waals surface area contributed by atoms with Gasteiger partial charge in [0.05, 0.1) is 4.47 Å². The van der Waals surface area contributed by atoms with Gasteiger partial charge < -0.3 is 5.73 Å². The molecule has 0 aliphatic rings. The van der Waals surface area contributed by atoms with Crippen molar-refractivity contribution < 1.29 is 4.39 Å². The summed E-state index contributed by atoms with van der Waals surface area (Å²) in [4.78, 5) is 3.99. The Morgan fingerprint density at radius 1 is 1.43 bits per heavy atom. The Morgan fingerprint density at radius 3 is 2.79 bits per heavy atom. The summed E-state index contributed by atoms with van der Waals surface area (Å²) < 4.78 is 17.2. The van der Waals surface area contributed by atoms with E-state index in [1.807, 2.05) is 0 Å². The number of halogens is 2. The van der Waals surface area contributed by atoms with Crippen LogP contribution in [0.1, 0.15) is 0 Å².